The average molecular weight is 345 g/mol. The fourth-order valence-corrected chi connectivity index (χ4v) is 2.67. The summed E-state index contributed by atoms with van der Waals surface area (Å²) in [6.07, 6.45) is 1.69. The molecule has 0 aliphatic carbocycles. The standard InChI is InChI=1S/C22H23N3O/c1-16-8-10-18(11-9-16)14-24-22(26)21-13-12-20(15-23-21)25-17(2)19-6-4-3-5-7-19/h3-13,15,17,25H,14H2,1-2H3,(H,24,26). The van der Waals surface area contributed by atoms with E-state index in [1.807, 2.05) is 55.5 Å². The maximum absolute atomic E-state index is 12.2. The molecular weight excluding hydrogens is 322 g/mol. The Hall–Kier alpha value is -3.14. The van der Waals surface area contributed by atoms with Gasteiger partial charge in [-0.1, -0.05) is 60.2 Å². The van der Waals surface area contributed by atoms with Crippen LogP contribution >= 0.6 is 0 Å². The van der Waals surface area contributed by atoms with Gasteiger partial charge in [0.25, 0.3) is 5.91 Å². The summed E-state index contributed by atoms with van der Waals surface area (Å²) in [6.45, 7) is 4.63. The number of hydrogen-bond donors (Lipinski definition) is 2. The molecule has 0 bridgehead atoms. The van der Waals surface area contributed by atoms with E-state index in [4.69, 9.17) is 0 Å². The zero-order valence-electron chi connectivity index (χ0n) is 15.1. The number of rotatable bonds is 6. The molecule has 3 rings (SSSR count). The Morgan fingerprint density at radius 3 is 2.38 bits per heavy atom. The minimum Gasteiger partial charge on any atom is -0.377 e. The lowest BCUT2D eigenvalue weighted by Crippen LogP contribution is -2.23. The first-order chi connectivity index (χ1) is 12.6. The average Bonchev–Trinajstić information content (AvgIpc) is 2.68. The van der Waals surface area contributed by atoms with Crippen molar-refractivity contribution in [3.8, 4) is 0 Å². The molecule has 26 heavy (non-hydrogen) atoms. The van der Waals surface area contributed by atoms with E-state index in [2.05, 4.69) is 34.7 Å². The summed E-state index contributed by atoms with van der Waals surface area (Å²) in [7, 11) is 0. The van der Waals surface area contributed by atoms with E-state index in [1.54, 1.807) is 12.3 Å². The number of anilines is 1. The highest BCUT2D eigenvalue weighted by molar-refractivity contribution is 5.92. The zero-order valence-corrected chi connectivity index (χ0v) is 15.1. The van der Waals surface area contributed by atoms with E-state index in [1.165, 1.54) is 11.1 Å². The van der Waals surface area contributed by atoms with Crippen LogP contribution < -0.4 is 10.6 Å². The minimum atomic E-state index is -0.173. The molecule has 1 heterocycles. The molecule has 0 aliphatic rings. The van der Waals surface area contributed by atoms with Gasteiger partial charge in [0.2, 0.25) is 0 Å². The van der Waals surface area contributed by atoms with Gasteiger partial charge in [-0.2, -0.15) is 0 Å². The Bertz CT molecular complexity index is 843. The van der Waals surface area contributed by atoms with Crippen LogP contribution in [-0.2, 0) is 6.54 Å². The lowest BCUT2D eigenvalue weighted by Gasteiger charge is -2.15. The van der Waals surface area contributed by atoms with Crippen LogP contribution in [0.15, 0.2) is 72.9 Å². The highest BCUT2D eigenvalue weighted by Gasteiger charge is 2.09. The highest BCUT2D eigenvalue weighted by atomic mass is 16.1. The highest BCUT2D eigenvalue weighted by Crippen LogP contribution is 2.18. The third kappa shape index (κ3) is 4.70. The predicted octanol–water partition coefficient (Wildman–Crippen LogP) is 4.49. The Labute approximate surface area is 154 Å². The van der Waals surface area contributed by atoms with Crippen LogP contribution in [0.3, 0.4) is 0 Å². The summed E-state index contributed by atoms with van der Waals surface area (Å²) in [5.41, 5.74) is 4.77. The van der Waals surface area contributed by atoms with E-state index in [-0.39, 0.29) is 11.9 Å². The van der Waals surface area contributed by atoms with Gasteiger partial charge in [-0.25, -0.2) is 4.98 Å². The largest absolute Gasteiger partial charge is 0.377 e. The monoisotopic (exact) mass is 345 g/mol. The van der Waals surface area contributed by atoms with Crippen molar-refractivity contribution in [2.45, 2.75) is 26.4 Å². The normalized spacial score (nSPS) is 11.6. The van der Waals surface area contributed by atoms with Gasteiger partial charge in [-0.05, 0) is 37.1 Å². The van der Waals surface area contributed by atoms with Crippen LogP contribution in [0.4, 0.5) is 5.69 Å². The van der Waals surface area contributed by atoms with E-state index in [9.17, 15) is 4.79 Å². The van der Waals surface area contributed by atoms with Gasteiger partial charge < -0.3 is 10.6 Å². The molecule has 1 aromatic heterocycles. The van der Waals surface area contributed by atoms with Crippen LogP contribution in [0.2, 0.25) is 0 Å². The summed E-state index contributed by atoms with van der Waals surface area (Å²) in [5, 5.41) is 6.29. The van der Waals surface area contributed by atoms with Gasteiger partial charge in [0.05, 0.1) is 11.9 Å². The fourth-order valence-electron chi connectivity index (χ4n) is 2.67. The van der Waals surface area contributed by atoms with Crippen molar-refractivity contribution in [2.24, 2.45) is 0 Å². The molecule has 0 fully saturated rings. The number of hydrogen-bond acceptors (Lipinski definition) is 3. The number of amides is 1. The second-order valence-corrected chi connectivity index (χ2v) is 6.38. The molecule has 0 aliphatic heterocycles. The number of pyridine rings is 1. The molecule has 4 nitrogen and oxygen atoms in total. The number of nitrogens with zero attached hydrogens (tertiary/aromatic N) is 1. The van der Waals surface area contributed by atoms with Crippen LogP contribution in [0.5, 0.6) is 0 Å². The van der Waals surface area contributed by atoms with Gasteiger partial charge >= 0.3 is 0 Å². The first-order valence-electron chi connectivity index (χ1n) is 8.73. The van der Waals surface area contributed by atoms with Crippen molar-refractivity contribution < 1.29 is 4.79 Å². The molecule has 0 saturated carbocycles. The minimum absolute atomic E-state index is 0.166. The predicted molar refractivity (Wildman–Crippen MR) is 105 cm³/mol. The van der Waals surface area contributed by atoms with Gasteiger partial charge in [-0.3, -0.25) is 4.79 Å². The number of aromatic nitrogens is 1. The maximum atomic E-state index is 12.2. The number of nitrogens with one attached hydrogen (secondary N) is 2. The van der Waals surface area contributed by atoms with E-state index >= 15 is 0 Å². The molecule has 0 saturated heterocycles. The van der Waals surface area contributed by atoms with Gasteiger partial charge in [-0.15, -0.1) is 0 Å². The topological polar surface area (TPSA) is 54.0 Å². The lowest BCUT2D eigenvalue weighted by molar-refractivity contribution is 0.0946. The summed E-state index contributed by atoms with van der Waals surface area (Å²) in [6, 6.07) is 22.1. The third-order valence-electron chi connectivity index (χ3n) is 4.25. The number of carbonyl (C=O) groups excluding carboxylic acids is 1. The van der Waals surface area contributed by atoms with Crippen LogP contribution in [0.25, 0.3) is 0 Å². The first-order valence-corrected chi connectivity index (χ1v) is 8.73. The summed E-state index contributed by atoms with van der Waals surface area (Å²) >= 11 is 0. The molecule has 0 radical (unpaired) electrons. The van der Waals surface area contributed by atoms with Crippen LogP contribution in [-0.4, -0.2) is 10.9 Å². The molecule has 2 aromatic carbocycles. The molecule has 1 atom stereocenters. The smallest absolute Gasteiger partial charge is 0.270 e. The molecule has 0 spiro atoms. The lowest BCUT2D eigenvalue weighted by atomic mass is 10.1. The van der Waals surface area contributed by atoms with E-state index in [0.717, 1.165) is 11.3 Å². The van der Waals surface area contributed by atoms with Crippen LogP contribution in [0, 0.1) is 6.92 Å². The van der Waals surface area contributed by atoms with Gasteiger partial charge in [0.15, 0.2) is 0 Å². The second-order valence-electron chi connectivity index (χ2n) is 6.38. The van der Waals surface area contributed by atoms with Crippen LogP contribution in [0.1, 0.15) is 40.1 Å². The third-order valence-corrected chi connectivity index (χ3v) is 4.25. The van der Waals surface area contributed by atoms with Crippen molar-refractivity contribution >= 4 is 11.6 Å². The number of carbonyl (C=O) groups is 1. The molecule has 2 N–H and O–H groups in total. The quantitative estimate of drug-likeness (QED) is 0.692. The molecule has 132 valence electrons. The zero-order chi connectivity index (χ0) is 18.4. The summed E-state index contributed by atoms with van der Waals surface area (Å²) in [4.78, 5) is 16.5. The summed E-state index contributed by atoms with van der Waals surface area (Å²) < 4.78 is 0. The van der Waals surface area contributed by atoms with Crippen molar-refractivity contribution in [3.63, 3.8) is 0 Å². The molecule has 4 heteroatoms. The van der Waals surface area contributed by atoms with E-state index in [0.29, 0.717) is 12.2 Å². The van der Waals surface area contributed by atoms with Crippen molar-refractivity contribution in [2.75, 3.05) is 5.32 Å². The SMILES string of the molecule is Cc1ccc(CNC(=O)c2ccc(NC(C)c3ccccc3)cn2)cc1. The summed E-state index contributed by atoms with van der Waals surface area (Å²) in [5.74, 6) is -0.173. The molecule has 1 unspecified atom stereocenters. The second kappa shape index (κ2) is 8.30. The Morgan fingerprint density at radius 1 is 1.00 bits per heavy atom. The fraction of sp³-hybridized carbons (Fsp3) is 0.182. The first kappa shape index (κ1) is 17.7. The van der Waals surface area contributed by atoms with Gasteiger partial charge in [0.1, 0.15) is 5.69 Å². The number of aryl methyl sites for hydroxylation is 1. The van der Waals surface area contributed by atoms with Crippen molar-refractivity contribution in [1.29, 1.82) is 0 Å². The van der Waals surface area contributed by atoms with E-state index < -0.39 is 0 Å². The molecule has 1 amide bonds. The number of benzene rings is 2. The van der Waals surface area contributed by atoms with Gasteiger partial charge in [0, 0.05) is 12.6 Å². The molecular formula is C22H23N3O. The van der Waals surface area contributed by atoms with Crippen molar-refractivity contribution in [3.05, 3.63) is 95.3 Å². The Morgan fingerprint density at radius 2 is 1.73 bits per heavy atom. The Balaban J connectivity index is 1.56. The Kier molecular flexibility index (Phi) is 5.64. The molecule has 3 aromatic rings. The maximum Gasteiger partial charge on any atom is 0.270 e. The van der Waals surface area contributed by atoms with Crippen molar-refractivity contribution in [1.82, 2.24) is 10.3 Å².